The number of nitro groups is 1. The summed E-state index contributed by atoms with van der Waals surface area (Å²) in [5.74, 6) is -0.460. The summed E-state index contributed by atoms with van der Waals surface area (Å²) in [5, 5.41) is 16.1. The van der Waals surface area contributed by atoms with E-state index in [0.29, 0.717) is 17.0 Å². The summed E-state index contributed by atoms with van der Waals surface area (Å²) < 4.78 is 5.95. The number of benzene rings is 1. The summed E-state index contributed by atoms with van der Waals surface area (Å²) in [7, 11) is 0. The molecule has 7 nitrogen and oxygen atoms in total. The van der Waals surface area contributed by atoms with Crippen molar-refractivity contribution in [2.75, 3.05) is 5.01 Å². The second-order valence-electron chi connectivity index (χ2n) is 4.77. The Morgan fingerprint density at radius 1 is 1.26 bits per heavy atom. The average molecular weight is 376 g/mol. The number of nitrogens with zero attached hydrogens (tertiary/aromatic N) is 3. The van der Waals surface area contributed by atoms with Crippen LogP contribution in [0, 0.1) is 10.1 Å². The lowest BCUT2D eigenvalue weighted by Crippen LogP contribution is -2.21. The maximum absolute atomic E-state index is 12.5. The van der Waals surface area contributed by atoms with Gasteiger partial charge in [-0.2, -0.15) is 10.1 Å². The fraction of sp³-hybridized carbons (Fsp3) is 0.0667. The van der Waals surface area contributed by atoms with Crippen LogP contribution in [-0.4, -0.2) is 16.5 Å². The molecule has 0 radical (unpaired) electrons. The van der Waals surface area contributed by atoms with Crippen LogP contribution in [0.2, 0.25) is 0 Å². The van der Waals surface area contributed by atoms with Crippen molar-refractivity contribution in [3.63, 3.8) is 0 Å². The van der Waals surface area contributed by atoms with E-state index in [0.717, 1.165) is 4.47 Å². The summed E-state index contributed by atoms with van der Waals surface area (Å²) >= 11 is 3.33. The third kappa shape index (κ3) is 2.93. The highest BCUT2D eigenvalue weighted by atomic mass is 79.9. The van der Waals surface area contributed by atoms with Crippen LogP contribution in [0.25, 0.3) is 6.08 Å². The van der Waals surface area contributed by atoms with E-state index in [4.69, 9.17) is 4.42 Å². The molecule has 0 unspecified atom stereocenters. The number of rotatable bonds is 3. The molecule has 23 heavy (non-hydrogen) atoms. The van der Waals surface area contributed by atoms with Crippen LogP contribution in [0.1, 0.15) is 12.7 Å². The zero-order valence-corrected chi connectivity index (χ0v) is 13.5. The molecule has 0 saturated heterocycles. The summed E-state index contributed by atoms with van der Waals surface area (Å²) in [5.41, 5.74) is 1.47. The first-order valence-electron chi connectivity index (χ1n) is 6.57. The summed E-state index contributed by atoms with van der Waals surface area (Å²) in [6, 6.07) is 9.83. The van der Waals surface area contributed by atoms with Crippen molar-refractivity contribution in [2.24, 2.45) is 5.10 Å². The maximum Gasteiger partial charge on any atom is 0.433 e. The fourth-order valence-corrected chi connectivity index (χ4v) is 2.37. The van der Waals surface area contributed by atoms with Gasteiger partial charge in [0.2, 0.25) is 0 Å². The van der Waals surface area contributed by atoms with Crippen molar-refractivity contribution in [1.82, 2.24) is 0 Å². The molecule has 0 bridgehead atoms. The number of halogens is 1. The first-order valence-corrected chi connectivity index (χ1v) is 7.36. The molecule has 2 heterocycles. The Morgan fingerprint density at radius 2 is 1.96 bits per heavy atom. The first-order chi connectivity index (χ1) is 11.0. The normalized spacial score (nSPS) is 16.1. The molecular formula is C15H10BrN3O4. The van der Waals surface area contributed by atoms with E-state index >= 15 is 0 Å². The monoisotopic (exact) mass is 375 g/mol. The molecule has 1 aromatic heterocycles. The van der Waals surface area contributed by atoms with Crippen molar-refractivity contribution in [3.05, 3.63) is 62.3 Å². The Morgan fingerprint density at radius 3 is 2.57 bits per heavy atom. The van der Waals surface area contributed by atoms with Gasteiger partial charge in [0.25, 0.3) is 5.91 Å². The quantitative estimate of drug-likeness (QED) is 0.464. The van der Waals surface area contributed by atoms with Crippen molar-refractivity contribution < 1.29 is 14.1 Å². The van der Waals surface area contributed by atoms with Crippen molar-refractivity contribution >= 4 is 45.2 Å². The molecule has 0 spiro atoms. The van der Waals surface area contributed by atoms with E-state index < -0.39 is 4.92 Å². The zero-order chi connectivity index (χ0) is 16.6. The molecule has 1 aliphatic rings. The van der Waals surface area contributed by atoms with Gasteiger partial charge in [-0.15, -0.1) is 0 Å². The van der Waals surface area contributed by atoms with Gasteiger partial charge in [0, 0.05) is 4.47 Å². The predicted molar refractivity (Wildman–Crippen MR) is 88.1 cm³/mol. The van der Waals surface area contributed by atoms with Crippen LogP contribution < -0.4 is 5.01 Å². The Balaban J connectivity index is 1.91. The molecule has 1 amide bonds. The fourth-order valence-electron chi connectivity index (χ4n) is 2.10. The van der Waals surface area contributed by atoms with E-state index in [2.05, 4.69) is 21.0 Å². The van der Waals surface area contributed by atoms with Crippen LogP contribution in [-0.2, 0) is 4.79 Å². The number of amides is 1. The average Bonchev–Trinajstić information content (AvgIpc) is 3.09. The minimum atomic E-state index is -0.631. The molecule has 0 fully saturated rings. The smallest absolute Gasteiger partial charge is 0.401 e. The Labute approximate surface area is 139 Å². The lowest BCUT2D eigenvalue weighted by molar-refractivity contribution is -0.402. The molecule has 1 aromatic carbocycles. The third-order valence-electron chi connectivity index (χ3n) is 3.21. The van der Waals surface area contributed by atoms with E-state index in [1.165, 1.54) is 23.2 Å². The molecule has 2 aromatic rings. The minimum absolute atomic E-state index is 0.229. The second kappa shape index (κ2) is 5.81. The summed E-state index contributed by atoms with van der Waals surface area (Å²) in [4.78, 5) is 22.5. The van der Waals surface area contributed by atoms with E-state index in [9.17, 15) is 14.9 Å². The highest BCUT2D eigenvalue weighted by Crippen LogP contribution is 2.27. The maximum atomic E-state index is 12.5. The minimum Gasteiger partial charge on any atom is -0.401 e. The van der Waals surface area contributed by atoms with Crippen molar-refractivity contribution in [2.45, 2.75) is 6.92 Å². The Bertz CT molecular complexity index is 852. The molecule has 0 N–H and O–H groups in total. The topological polar surface area (TPSA) is 89.0 Å². The van der Waals surface area contributed by atoms with Crippen LogP contribution in [0.5, 0.6) is 0 Å². The molecule has 0 saturated carbocycles. The third-order valence-corrected chi connectivity index (χ3v) is 3.74. The number of hydrogen-bond acceptors (Lipinski definition) is 5. The Kier molecular flexibility index (Phi) is 3.83. The zero-order valence-electron chi connectivity index (χ0n) is 11.9. The highest BCUT2D eigenvalue weighted by molar-refractivity contribution is 9.10. The van der Waals surface area contributed by atoms with Gasteiger partial charge in [0.05, 0.1) is 23.0 Å². The van der Waals surface area contributed by atoms with Crippen molar-refractivity contribution in [3.8, 4) is 0 Å². The lowest BCUT2D eigenvalue weighted by Gasteiger charge is -2.11. The largest absolute Gasteiger partial charge is 0.433 e. The van der Waals surface area contributed by atoms with Gasteiger partial charge in [0.15, 0.2) is 0 Å². The van der Waals surface area contributed by atoms with Crippen LogP contribution in [0.4, 0.5) is 11.6 Å². The van der Waals surface area contributed by atoms with Gasteiger partial charge >= 0.3 is 5.88 Å². The number of hydrazone groups is 1. The number of carbonyl (C=O) groups is 1. The summed E-state index contributed by atoms with van der Waals surface area (Å²) in [6.07, 6.45) is 1.45. The number of furan rings is 1. The van der Waals surface area contributed by atoms with Gasteiger partial charge in [-0.05, 0) is 43.3 Å². The molecule has 3 rings (SSSR count). The van der Waals surface area contributed by atoms with E-state index in [-0.39, 0.29) is 17.6 Å². The highest BCUT2D eigenvalue weighted by Gasteiger charge is 2.29. The van der Waals surface area contributed by atoms with Crippen LogP contribution >= 0.6 is 15.9 Å². The van der Waals surface area contributed by atoms with E-state index in [1.807, 2.05) is 12.1 Å². The SMILES string of the molecule is CC1=NN(c2ccc(Br)cc2)C(=O)/C1=C\c1ccc([N+](=O)[O-])o1. The molecule has 116 valence electrons. The lowest BCUT2D eigenvalue weighted by atomic mass is 10.1. The molecular weight excluding hydrogens is 366 g/mol. The number of anilines is 1. The summed E-state index contributed by atoms with van der Waals surface area (Å²) in [6.45, 7) is 1.69. The van der Waals surface area contributed by atoms with Crippen molar-refractivity contribution in [1.29, 1.82) is 0 Å². The standard InChI is InChI=1S/C15H10BrN3O4/c1-9-13(8-12-6-7-14(23-12)19(21)22)15(20)18(17-9)11-4-2-10(16)3-5-11/h2-8H,1H3/b13-8-. The van der Waals surface area contributed by atoms with Gasteiger partial charge in [-0.25, -0.2) is 0 Å². The van der Waals surface area contributed by atoms with Gasteiger partial charge in [-0.1, -0.05) is 15.9 Å². The predicted octanol–water partition coefficient (Wildman–Crippen LogP) is 3.76. The first kappa shape index (κ1) is 15.2. The van der Waals surface area contributed by atoms with E-state index in [1.54, 1.807) is 19.1 Å². The number of carbonyl (C=O) groups excluding carboxylic acids is 1. The number of hydrogen-bond donors (Lipinski definition) is 0. The molecule has 0 aliphatic carbocycles. The molecule has 1 aliphatic heterocycles. The van der Waals surface area contributed by atoms with Gasteiger partial charge in [-0.3, -0.25) is 14.9 Å². The molecule has 8 heteroatoms. The van der Waals surface area contributed by atoms with Gasteiger partial charge in [0.1, 0.15) is 10.7 Å². The Hall–Kier alpha value is -2.74. The van der Waals surface area contributed by atoms with Gasteiger partial charge < -0.3 is 4.42 Å². The second-order valence-corrected chi connectivity index (χ2v) is 5.69. The van der Waals surface area contributed by atoms with Crippen LogP contribution in [0.3, 0.4) is 0 Å². The van der Waals surface area contributed by atoms with Crippen LogP contribution in [0.15, 0.2) is 56.0 Å². The molecule has 0 atom stereocenters.